The predicted molar refractivity (Wildman–Crippen MR) is 50.6 cm³/mol. The van der Waals surface area contributed by atoms with Gasteiger partial charge in [0.1, 0.15) is 0 Å². The van der Waals surface area contributed by atoms with Gasteiger partial charge in [-0.2, -0.15) is 0 Å². The molecule has 0 saturated carbocycles. The van der Waals surface area contributed by atoms with Crippen molar-refractivity contribution in [3.05, 3.63) is 22.2 Å². The summed E-state index contributed by atoms with van der Waals surface area (Å²) in [6.45, 7) is 0.362. The molecular weight excluding hydrogens is 206 g/mol. The molecule has 0 bridgehead atoms. The van der Waals surface area contributed by atoms with Crippen LogP contribution in [0, 0.1) is 0 Å². The molecular formula is C9H8ClNO3. The minimum Gasteiger partial charge on any atom is -0.504 e. The highest BCUT2D eigenvalue weighted by atomic mass is 35.5. The average Bonchev–Trinajstić information content (AvgIpc) is 2.42. The molecule has 0 aromatic heterocycles. The fraction of sp³-hybridized carbons (Fsp3) is 0.222. The van der Waals surface area contributed by atoms with E-state index in [0.29, 0.717) is 17.7 Å². The van der Waals surface area contributed by atoms with Crippen molar-refractivity contribution in [1.29, 1.82) is 0 Å². The van der Waals surface area contributed by atoms with Gasteiger partial charge in [-0.05, 0) is 6.07 Å². The van der Waals surface area contributed by atoms with Gasteiger partial charge in [0.25, 0.3) is 5.91 Å². The number of rotatable bonds is 0. The average molecular weight is 214 g/mol. The lowest BCUT2D eigenvalue weighted by Gasteiger charge is -2.05. The van der Waals surface area contributed by atoms with Crippen LogP contribution in [0.15, 0.2) is 6.07 Å². The van der Waals surface area contributed by atoms with E-state index in [1.54, 1.807) is 7.05 Å². The molecule has 1 aromatic rings. The van der Waals surface area contributed by atoms with Crippen LogP contribution in [-0.4, -0.2) is 28.1 Å². The smallest absolute Gasteiger partial charge is 0.254 e. The molecule has 1 amide bonds. The van der Waals surface area contributed by atoms with Crippen LogP contribution in [0.4, 0.5) is 0 Å². The molecule has 74 valence electrons. The minimum absolute atomic E-state index is 0.0534. The van der Waals surface area contributed by atoms with Gasteiger partial charge in [-0.15, -0.1) is 0 Å². The number of hydrogen-bond donors (Lipinski definition) is 2. The second-order valence-corrected chi connectivity index (χ2v) is 3.62. The molecule has 0 aliphatic carbocycles. The molecule has 14 heavy (non-hydrogen) atoms. The number of carbonyl (C=O) groups is 1. The van der Waals surface area contributed by atoms with Crippen molar-refractivity contribution in [2.45, 2.75) is 6.54 Å². The Morgan fingerprint density at radius 2 is 2.14 bits per heavy atom. The number of benzene rings is 1. The topological polar surface area (TPSA) is 60.8 Å². The molecule has 0 fully saturated rings. The Balaban J connectivity index is 2.70. The Morgan fingerprint density at radius 3 is 2.79 bits per heavy atom. The Bertz CT molecular complexity index is 431. The second kappa shape index (κ2) is 2.78. The van der Waals surface area contributed by atoms with E-state index in [2.05, 4.69) is 0 Å². The number of amides is 1. The number of fused-ring (bicyclic) bond motifs is 1. The lowest BCUT2D eigenvalue weighted by atomic mass is 10.1. The molecule has 0 atom stereocenters. The zero-order valence-electron chi connectivity index (χ0n) is 7.41. The van der Waals surface area contributed by atoms with Crippen LogP contribution in [0.3, 0.4) is 0 Å². The summed E-state index contributed by atoms with van der Waals surface area (Å²) >= 11 is 5.79. The molecule has 0 unspecified atom stereocenters. The fourth-order valence-electron chi connectivity index (χ4n) is 1.53. The molecule has 0 radical (unpaired) electrons. The van der Waals surface area contributed by atoms with Crippen LogP contribution in [0.1, 0.15) is 15.9 Å². The summed E-state index contributed by atoms with van der Waals surface area (Å²) in [5.41, 5.74) is 0.919. The minimum atomic E-state index is -0.367. The number of nitrogens with zero attached hydrogens (tertiary/aromatic N) is 1. The number of phenols is 2. The van der Waals surface area contributed by atoms with Crippen LogP contribution >= 0.6 is 11.6 Å². The summed E-state index contributed by atoms with van der Waals surface area (Å²) in [5, 5.41) is 18.6. The van der Waals surface area contributed by atoms with E-state index in [1.807, 2.05) is 0 Å². The third-order valence-corrected chi connectivity index (χ3v) is 2.70. The van der Waals surface area contributed by atoms with Gasteiger partial charge in [0, 0.05) is 24.7 Å². The highest BCUT2D eigenvalue weighted by Crippen LogP contribution is 2.40. The molecule has 5 heteroatoms. The second-order valence-electron chi connectivity index (χ2n) is 3.25. The summed E-state index contributed by atoms with van der Waals surface area (Å²) in [6.07, 6.45) is 0. The first-order valence-corrected chi connectivity index (χ1v) is 4.39. The van der Waals surface area contributed by atoms with Crippen molar-refractivity contribution in [2.24, 2.45) is 0 Å². The zero-order chi connectivity index (χ0) is 10.5. The molecule has 1 aliphatic heterocycles. The number of aromatic hydroxyl groups is 2. The van der Waals surface area contributed by atoms with Gasteiger partial charge in [-0.3, -0.25) is 4.79 Å². The van der Waals surface area contributed by atoms with Gasteiger partial charge in [-0.1, -0.05) is 11.6 Å². The summed E-state index contributed by atoms with van der Waals surface area (Å²) in [6, 6.07) is 1.24. The molecule has 1 aliphatic rings. The molecule has 2 N–H and O–H groups in total. The number of phenolic OH excluding ortho intramolecular Hbond substituents is 2. The van der Waals surface area contributed by atoms with E-state index < -0.39 is 0 Å². The number of carbonyl (C=O) groups excluding carboxylic acids is 1. The lowest BCUT2D eigenvalue weighted by Crippen LogP contribution is -2.17. The normalized spacial score (nSPS) is 14.7. The standard InChI is InChI=1S/C9H8ClNO3/c1-11-3-5-4(9(11)14)2-6(12)8(13)7(5)10/h2,12-13H,3H2,1H3. The van der Waals surface area contributed by atoms with Gasteiger partial charge in [0.2, 0.25) is 0 Å². The molecule has 4 nitrogen and oxygen atoms in total. The Morgan fingerprint density at radius 1 is 1.50 bits per heavy atom. The van der Waals surface area contributed by atoms with Crippen molar-refractivity contribution >= 4 is 17.5 Å². The first kappa shape index (κ1) is 9.15. The summed E-state index contributed by atoms with van der Waals surface area (Å²) in [4.78, 5) is 13.0. The quantitative estimate of drug-likeness (QED) is 0.640. The van der Waals surface area contributed by atoms with E-state index >= 15 is 0 Å². The first-order chi connectivity index (χ1) is 6.52. The Kier molecular flexibility index (Phi) is 1.82. The SMILES string of the molecule is CN1Cc2c(cc(O)c(O)c2Cl)C1=O. The van der Waals surface area contributed by atoms with Crippen molar-refractivity contribution in [3.63, 3.8) is 0 Å². The summed E-state index contributed by atoms with van der Waals surface area (Å²) in [7, 11) is 1.63. The van der Waals surface area contributed by atoms with Gasteiger partial charge in [0.15, 0.2) is 11.5 Å². The highest BCUT2D eigenvalue weighted by Gasteiger charge is 2.29. The number of hydrogen-bond acceptors (Lipinski definition) is 3. The summed E-state index contributed by atoms with van der Waals surface area (Å²) < 4.78 is 0. The van der Waals surface area contributed by atoms with Crippen molar-refractivity contribution in [3.8, 4) is 11.5 Å². The van der Waals surface area contributed by atoms with Crippen molar-refractivity contribution < 1.29 is 15.0 Å². The van der Waals surface area contributed by atoms with E-state index in [9.17, 15) is 15.0 Å². The molecule has 2 rings (SSSR count). The van der Waals surface area contributed by atoms with E-state index in [1.165, 1.54) is 11.0 Å². The van der Waals surface area contributed by atoms with Gasteiger partial charge < -0.3 is 15.1 Å². The molecule has 0 spiro atoms. The fourth-order valence-corrected chi connectivity index (χ4v) is 1.78. The Hall–Kier alpha value is -1.42. The third-order valence-electron chi connectivity index (χ3n) is 2.29. The van der Waals surface area contributed by atoms with Crippen LogP contribution in [-0.2, 0) is 6.54 Å². The largest absolute Gasteiger partial charge is 0.504 e. The van der Waals surface area contributed by atoms with Crippen LogP contribution in [0.5, 0.6) is 11.5 Å². The highest BCUT2D eigenvalue weighted by molar-refractivity contribution is 6.33. The van der Waals surface area contributed by atoms with E-state index in [4.69, 9.17) is 11.6 Å². The monoisotopic (exact) mass is 213 g/mol. The maximum absolute atomic E-state index is 11.5. The third kappa shape index (κ3) is 1.04. The first-order valence-electron chi connectivity index (χ1n) is 4.01. The zero-order valence-corrected chi connectivity index (χ0v) is 8.17. The van der Waals surface area contributed by atoms with Gasteiger partial charge in [-0.25, -0.2) is 0 Å². The van der Waals surface area contributed by atoms with Crippen LogP contribution < -0.4 is 0 Å². The molecule has 1 aromatic carbocycles. The number of halogens is 1. The van der Waals surface area contributed by atoms with Crippen LogP contribution in [0.2, 0.25) is 5.02 Å². The molecule has 0 saturated heterocycles. The maximum atomic E-state index is 11.5. The lowest BCUT2D eigenvalue weighted by molar-refractivity contribution is 0.0816. The van der Waals surface area contributed by atoms with Crippen LogP contribution in [0.25, 0.3) is 0 Å². The van der Waals surface area contributed by atoms with Crippen molar-refractivity contribution in [1.82, 2.24) is 4.90 Å². The van der Waals surface area contributed by atoms with Gasteiger partial charge >= 0.3 is 0 Å². The molecule has 1 heterocycles. The predicted octanol–water partition coefficient (Wildman–Crippen LogP) is 1.34. The van der Waals surface area contributed by atoms with E-state index in [0.717, 1.165) is 0 Å². The van der Waals surface area contributed by atoms with Gasteiger partial charge in [0.05, 0.1) is 5.02 Å². The summed E-state index contributed by atoms with van der Waals surface area (Å²) in [5.74, 6) is -0.928. The van der Waals surface area contributed by atoms with E-state index in [-0.39, 0.29) is 22.4 Å². The maximum Gasteiger partial charge on any atom is 0.254 e. The Labute approximate surface area is 85.3 Å². The van der Waals surface area contributed by atoms with Crippen molar-refractivity contribution in [2.75, 3.05) is 7.05 Å².